The molecule has 9 heavy (non-hydrogen) atoms. The Morgan fingerprint density at radius 1 is 1.89 bits per heavy atom. The van der Waals surface area contributed by atoms with Gasteiger partial charge in [-0.2, -0.15) is 12.6 Å². The normalized spacial score (nSPS) is 20.9. The molecule has 0 amide bonds. The van der Waals surface area contributed by atoms with Gasteiger partial charge in [0.25, 0.3) is 0 Å². The van der Waals surface area contributed by atoms with Crippen LogP contribution in [0.5, 0.6) is 0 Å². The first kappa shape index (κ1) is 6.93. The van der Waals surface area contributed by atoms with Crippen LogP contribution >= 0.6 is 12.6 Å². The van der Waals surface area contributed by atoms with Crippen molar-refractivity contribution in [3.8, 4) is 0 Å². The number of hydrogen-bond donors (Lipinski definition) is 1. The molecule has 1 rings (SSSR count). The van der Waals surface area contributed by atoms with E-state index >= 15 is 0 Å². The molecule has 0 aromatic carbocycles. The molecule has 1 aliphatic rings. The van der Waals surface area contributed by atoms with Crippen LogP contribution in [0.15, 0.2) is 4.99 Å². The van der Waals surface area contributed by atoms with E-state index in [0.29, 0.717) is 5.37 Å². The Hall–Kier alpha value is -0.180. The second-order valence-electron chi connectivity index (χ2n) is 2.15. The maximum atomic E-state index is 4.36. The average molecular weight is 144 g/mol. The zero-order valence-corrected chi connectivity index (χ0v) is 6.51. The minimum Gasteiger partial charge on any atom is -0.349 e. The number of rotatable bonds is 2. The van der Waals surface area contributed by atoms with Crippen molar-refractivity contribution in [2.75, 3.05) is 13.1 Å². The second kappa shape index (κ2) is 3.11. The molecule has 0 N–H and O–H groups in total. The molecule has 1 heterocycles. The van der Waals surface area contributed by atoms with Gasteiger partial charge < -0.3 is 4.90 Å². The van der Waals surface area contributed by atoms with Crippen molar-refractivity contribution in [3.63, 3.8) is 0 Å². The third-order valence-electron chi connectivity index (χ3n) is 1.47. The molecule has 1 atom stereocenters. The van der Waals surface area contributed by atoms with Crippen LogP contribution in [-0.2, 0) is 0 Å². The molecule has 0 saturated carbocycles. The highest BCUT2D eigenvalue weighted by Crippen LogP contribution is 2.08. The van der Waals surface area contributed by atoms with Gasteiger partial charge in [-0.05, 0) is 6.42 Å². The third-order valence-corrected chi connectivity index (χ3v) is 2.13. The highest BCUT2D eigenvalue weighted by molar-refractivity contribution is 7.80. The van der Waals surface area contributed by atoms with Crippen molar-refractivity contribution in [3.05, 3.63) is 0 Å². The van der Waals surface area contributed by atoms with Gasteiger partial charge in [0.1, 0.15) is 0 Å². The van der Waals surface area contributed by atoms with E-state index in [1.165, 1.54) is 0 Å². The quantitative estimate of drug-likeness (QED) is 0.571. The minimum atomic E-state index is 0.372. The smallest absolute Gasteiger partial charge is 0.0860 e. The van der Waals surface area contributed by atoms with Crippen LogP contribution < -0.4 is 0 Å². The molecule has 0 spiro atoms. The molecule has 52 valence electrons. The zero-order valence-electron chi connectivity index (χ0n) is 5.62. The van der Waals surface area contributed by atoms with E-state index in [2.05, 4.69) is 29.4 Å². The number of hydrogen-bond acceptors (Lipinski definition) is 3. The average Bonchev–Trinajstić information content (AvgIpc) is 2.37. The van der Waals surface area contributed by atoms with E-state index in [-0.39, 0.29) is 0 Å². The second-order valence-corrected chi connectivity index (χ2v) is 2.74. The molecule has 0 aromatic heterocycles. The van der Waals surface area contributed by atoms with Crippen molar-refractivity contribution in [2.45, 2.75) is 18.7 Å². The largest absolute Gasteiger partial charge is 0.349 e. The SMILES string of the molecule is CCC(S)N1C=NCC1. The molecule has 0 bridgehead atoms. The highest BCUT2D eigenvalue weighted by Gasteiger charge is 2.10. The number of nitrogens with zero attached hydrogens (tertiary/aromatic N) is 2. The standard InChI is InChI=1S/C6H12N2S/c1-2-6(9)8-4-3-7-5-8/h5-6,9H,2-4H2,1H3. The summed E-state index contributed by atoms with van der Waals surface area (Å²) in [7, 11) is 0. The summed E-state index contributed by atoms with van der Waals surface area (Å²) < 4.78 is 0. The van der Waals surface area contributed by atoms with Gasteiger partial charge in [0.15, 0.2) is 0 Å². The Morgan fingerprint density at radius 2 is 2.67 bits per heavy atom. The van der Waals surface area contributed by atoms with Gasteiger partial charge in [-0.25, -0.2) is 0 Å². The maximum absolute atomic E-state index is 4.36. The molecule has 0 aliphatic carbocycles. The van der Waals surface area contributed by atoms with Crippen LogP contribution in [0.3, 0.4) is 0 Å². The first-order valence-corrected chi connectivity index (χ1v) is 3.80. The van der Waals surface area contributed by atoms with Crippen LogP contribution in [-0.4, -0.2) is 29.7 Å². The van der Waals surface area contributed by atoms with E-state index < -0.39 is 0 Å². The lowest BCUT2D eigenvalue weighted by molar-refractivity contribution is 0.434. The molecule has 0 fully saturated rings. The van der Waals surface area contributed by atoms with Crippen LogP contribution in [0.2, 0.25) is 0 Å². The van der Waals surface area contributed by atoms with E-state index in [9.17, 15) is 0 Å². The highest BCUT2D eigenvalue weighted by atomic mass is 32.1. The predicted molar refractivity (Wildman–Crippen MR) is 43.1 cm³/mol. The van der Waals surface area contributed by atoms with Crippen molar-refractivity contribution in [2.24, 2.45) is 4.99 Å². The Labute approximate surface area is 61.4 Å². The molecule has 0 radical (unpaired) electrons. The van der Waals surface area contributed by atoms with Crippen LogP contribution in [0, 0.1) is 0 Å². The molecule has 0 aromatic rings. The Kier molecular flexibility index (Phi) is 2.39. The summed E-state index contributed by atoms with van der Waals surface area (Å²) >= 11 is 4.36. The van der Waals surface area contributed by atoms with Crippen molar-refractivity contribution < 1.29 is 0 Å². The third kappa shape index (κ3) is 1.61. The van der Waals surface area contributed by atoms with Gasteiger partial charge in [-0.1, -0.05) is 6.92 Å². The molecule has 1 aliphatic heterocycles. The zero-order chi connectivity index (χ0) is 6.69. The lowest BCUT2D eigenvalue weighted by Crippen LogP contribution is -2.27. The fourth-order valence-electron chi connectivity index (χ4n) is 0.854. The number of aliphatic imine (C=N–C) groups is 1. The molecule has 0 saturated heterocycles. The van der Waals surface area contributed by atoms with Crippen LogP contribution in [0.4, 0.5) is 0 Å². The minimum absolute atomic E-state index is 0.372. The lowest BCUT2D eigenvalue weighted by atomic mass is 10.4. The summed E-state index contributed by atoms with van der Waals surface area (Å²) in [6, 6.07) is 0. The molecule has 3 heteroatoms. The van der Waals surface area contributed by atoms with Gasteiger partial charge in [-0.15, -0.1) is 0 Å². The van der Waals surface area contributed by atoms with Gasteiger partial charge >= 0.3 is 0 Å². The van der Waals surface area contributed by atoms with E-state index in [1.54, 1.807) is 0 Å². The number of thiol groups is 1. The molecule has 2 nitrogen and oxygen atoms in total. The Bertz CT molecular complexity index is 114. The summed E-state index contributed by atoms with van der Waals surface area (Å²) in [5.74, 6) is 0. The van der Waals surface area contributed by atoms with Crippen LogP contribution in [0.25, 0.3) is 0 Å². The molecular weight excluding hydrogens is 132 g/mol. The van der Waals surface area contributed by atoms with E-state index in [1.807, 2.05) is 6.34 Å². The van der Waals surface area contributed by atoms with Crippen molar-refractivity contribution >= 4 is 19.0 Å². The lowest BCUT2D eigenvalue weighted by Gasteiger charge is -2.19. The monoisotopic (exact) mass is 144 g/mol. The fraction of sp³-hybridized carbons (Fsp3) is 0.833. The first-order chi connectivity index (χ1) is 4.34. The van der Waals surface area contributed by atoms with E-state index in [0.717, 1.165) is 19.5 Å². The summed E-state index contributed by atoms with van der Waals surface area (Å²) in [4.78, 5) is 6.24. The molecular formula is C6H12N2S. The van der Waals surface area contributed by atoms with Crippen molar-refractivity contribution in [1.82, 2.24) is 4.90 Å². The molecule has 1 unspecified atom stereocenters. The van der Waals surface area contributed by atoms with Crippen LogP contribution in [0.1, 0.15) is 13.3 Å². The van der Waals surface area contributed by atoms with Gasteiger partial charge in [0.05, 0.1) is 18.3 Å². The summed E-state index contributed by atoms with van der Waals surface area (Å²) in [5.41, 5.74) is 0. The summed E-state index contributed by atoms with van der Waals surface area (Å²) in [6.45, 7) is 4.11. The Balaban J connectivity index is 2.33. The van der Waals surface area contributed by atoms with Crippen molar-refractivity contribution in [1.29, 1.82) is 0 Å². The topological polar surface area (TPSA) is 15.6 Å². The van der Waals surface area contributed by atoms with Gasteiger partial charge in [0.2, 0.25) is 0 Å². The first-order valence-electron chi connectivity index (χ1n) is 3.28. The predicted octanol–water partition coefficient (Wildman–Crippen LogP) is 0.996. The summed E-state index contributed by atoms with van der Waals surface area (Å²) in [6.07, 6.45) is 2.97. The van der Waals surface area contributed by atoms with Gasteiger partial charge in [0, 0.05) is 6.54 Å². The Morgan fingerprint density at radius 3 is 3.11 bits per heavy atom. The van der Waals surface area contributed by atoms with Gasteiger partial charge in [-0.3, -0.25) is 4.99 Å². The maximum Gasteiger partial charge on any atom is 0.0860 e. The van der Waals surface area contributed by atoms with E-state index in [4.69, 9.17) is 0 Å². The fourth-order valence-corrected chi connectivity index (χ4v) is 1.03. The summed E-state index contributed by atoms with van der Waals surface area (Å²) in [5, 5.41) is 0.372.